The number of amides is 1. The Bertz CT molecular complexity index is 827. The van der Waals surface area contributed by atoms with Crippen LogP contribution in [-0.4, -0.2) is 121 Å². The molecule has 17 heteroatoms. The molecule has 2 N–H and O–H groups in total. The minimum Gasteiger partial charge on any atom is -0.465 e. The van der Waals surface area contributed by atoms with Crippen molar-refractivity contribution in [3.05, 3.63) is 0 Å². The minimum atomic E-state index is -6.34. The number of hydrogen-bond acceptors (Lipinski definition) is 9. The first-order valence-electron chi connectivity index (χ1n) is 17.3. The van der Waals surface area contributed by atoms with E-state index in [1.807, 2.05) is 19.2 Å². The minimum absolute atomic E-state index is 0. The Hall–Kier alpha value is -1.79. The highest BCUT2D eigenvalue weighted by molar-refractivity contribution is 5.78. The lowest BCUT2D eigenvalue weighted by Gasteiger charge is -2.28. The van der Waals surface area contributed by atoms with Crippen molar-refractivity contribution in [2.24, 2.45) is 11.8 Å². The molecular formula is C37H76F7NO9. The van der Waals surface area contributed by atoms with Gasteiger partial charge >= 0.3 is 24.0 Å². The van der Waals surface area contributed by atoms with Crippen molar-refractivity contribution >= 4 is 11.9 Å². The quantitative estimate of drug-likeness (QED) is 0.0402. The van der Waals surface area contributed by atoms with Crippen LogP contribution in [0, 0.1) is 11.8 Å². The van der Waals surface area contributed by atoms with Gasteiger partial charge < -0.3 is 38.8 Å². The number of nitrogens with one attached hydrogen (secondary N) is 1. The Balaban J connectivity index is -0.000000218. The van der Waals surface area contributed by atoms with E-state index >= 15 is 0 Å². The zero-order valence-electron chi connectivity index (χ0n) is 30.1. The molecule has 0 radical (unpaired) electrons. The molecule has 0 aromatic rings. The van der Waals surface area contributed by atoms with E-state index in [9.17, 15) is 40.3 Å². The van der Waals surface area contributed by atoms with E-state index in [2.05, 4.69) is 0 Å². The van der Waals surface area contributed by atoms with E-state index in [0.29, 0.717) is 85.5 Å². The summed E-state index contributed by atoms with van der Waals surface area (Å²) < 4.78 is 119. The van der Waals surface area contributed by atoms with E-state index in [1.54, 1.807) is 6.92 Å². The van der Waals surface area contributed by atoms with Gasteiger partial charge in [-0.15, -0.1) is 0 Å². The molecule has 0 aromatic carbocycles. The molecule has 0 aliphatic rings. The molecule has 0 aliphatic heterocycles. The van der Waals surface area contributed by atoms with Gasteiger partial charge in [0.15, 0.2) is 0 Å². The number of alkyl halides is 7. The molecule has 0 spiro atoms. The topological polar surface area (TPSA) is 122 Å². The fourth-order valence-electron chi connectivity index (χ4n) is 3.44. The second kappa shape index (κ2) is 39.4. The van der Waals surface area contributed by atoms with E-state index in [1.165, 1.54) is 6.92 Å². The number of aliphatic hydroxyl groups is 1. The van der Waals surface area contributed by atoms with Crippen molar-refractivity contribution in [1.82, 2.24) is 5.32 Å². The lowest BCUT2D eigenvalue weighted by Crippen LogP contribution is -2.53. The van der Waals surface area contributed by atoms with Gasteiger partial charge in [0.1, 0.15) is 0 Å². The van der Waals surface area contributed by atoms with Crippen LogP contribution < -0.4 is 5.32 Å². The Labute approximate surface area is 321 Å². The number of rotatable bonds is 31. The average Bonchev–Trinajstić information content (AvgIpc) is 3.07. The average molecular weight is 812 g/mol. The smallest absolute Gasteiger partial charge is 0.459 e. The Morgan fingerprint density at radius 1 is 0.574 bits per heavy atom. The molecule has 0 fully saturated rings. The maximum atomic E-state index is 12.8. The normalized spacial score (nSPS) is 12.4. The lowest BCUT2D eigenvalue weighted by molar-refractivity contribution is -0.355. The summed E-state index contributed by atoms with van der Waals surface area (Å²) in [5, 5.41) is 10.5. The third-order valence-electron chi connectivity index (χ3n) is 7.06. The summed E-state index contributed by atoms with van der Waals surface area (Å²) in [6, 6.07) is 0. The molecule has 1 amide bonds. The summed E-state index contributed by atoms with van der Waals surface area (Å²) >= 11 is 0. The van der Waals surface area contributed by atoms with Crippen LogP contribution in [-0.2, 0) is 38.0 Å². The van der Waals surface area contributed by atoms with Gasteiger partial charge in [-0.1, -0.05) is 57.4 Å². The molecule has 0 bridgehead atoms. The number of esters is 1. The van der Waals surface area contributed by atoms with Crippen molar-refractivity contribution in [3.8, 4) is 0 Å². The highest BCUT2D eigenvalue weighted by Crippen LogP contribution is 2.47. The molecule has 2 atom stereocenters. The number of carbonyl (C=O) groups is 2. The molecule has 0 aromatic heterocycles. The van der Waals surface area contributed by atoms with Crippen LogP contribution in [0.15, 0.2) is 0 Å². The number of aliphatic hydroxyl groups excluding tert-OH is 1. The van der Waals surface area contributed by atoms with Crippen molar-refractivity contribution in [2.75, 3.05) is 85.8 Å². The van der Waals surface area contributed by atoms with Gasteiger partial charge in [-0.2, -0.15) is 30.7 Å². The van der Waals surface area contributed by atoms with E-state index in [4.69, 9.17) is 33.5 Å². The second-order valence-electron chi connectivity index (χ2n) is 11.5. The van der Waals surface area contributed by atoms with Gasteiger partial charge in [-0.3, -0.25) is 9.59 Å². The molecule has 0 aliphatic carbocycles. The largest absolute Gasteiger partial charge is 0.465 e. The molecule has 2 unspecified atom stereocenters. The Kier molecular flexibility index (Phi) is 46.8. The molecule has 54 heavy (non-hydrogen) atoms. The third-order valence-corrected chi connectivity index (χ3v) is 7.06. The predicted molar refractivity (Wildman–Crippen MR) is 199 cm³/mol. The summed E-state index contributed by atoms with van der Waals surface area (Å²) in [4.78, 5) is 22.6. The Morgan fingerprint density at radius 3 is 1.22 bits per heavy atom. The van der Waals surface area contributed by atoms with Crippen LogP contribution in [0.2, 0.25) is 0 Å². The second-order valence-corrected chi connectivity index (χ2v) is 11.5. The van der Waals surface area contributed by atoms with E-state index in [0.717, 1.165) is 38.5 Å². The van der Waals surface area contributed by atoms with Crippen molar-refractivity contribution < 1.29 is 73.8 Å². The van der Waals surface area contributed by atoms with Crippen LogP contribution >= 0.6 is 0 Å². The third kappa shape index (κ3) is 33.5. The first-order valence-corrected chi connectivity index (χ1v) is 17.3. The number of hydrogen-bond donors (Lipinski definition) is 2. The van der Waals surface area contributed by atoms with Gasteiger partial charge in [0, 0.05) is 98.0 Å². The van der Waals surface area contributed by atoms with Crippen LogP contribution in [0.3, 0.4) is 0 Å². The zero-order valence-corrected chi connectivity index (χ0v) is 30.1. The first-order chi connectivity index (χ1) is 23.6. The van der Waals surface area contributed by atoms with Gasteiger partial charge in [-0.05, 0) is 44.9 Å². The summed E-state index contributed by atoms with van der Waals surface area (Å²) in [7, 11) is 0. The fourth-order valence-corrected chi connectivity index (χ4v) is 3.44. The van der Waals surface area contributed by atoms with Crippen molar-refractivity contribution in [3.63, 3.8) is 0 Å². The van der Waals surface area contributed by atoms with Crippen molar-refractivity contribution in [2.45, 2.75) is 133 Å². The van der Waals surface area contributed by atoms with Crippen LogP contribution in [0.25, 0.3) is 0 Å². The molecule has 332 valence electrons. The standard InChI is InChI=1S/C23H46O8.C10H14F7NO.4CH4/c1-3-22(2)23(25)31-21-9-20-30-19-8-18-29-17-7-16-28-15-6-14-27-13-5-12-26-11-4-10-24;1-3-6(2)7(19)18-5-4-8(11,12)9(13,14)10(15,16)17;;;;/h22,24H,3-21H2,1-2H3;6H,3-5H2,1-2H3,(H,18,19);4*1H4. The van der Waals surface area contributed by atoms with Gasteiger partial charge in [0.05, 0.1) is 12.5 Å². The van der Waals surface area contributed by atoms with Gasteiger partial charge in [0.25, 0.3) is 0 Å². The summed E-state index contributed by atoms with van der Waals surface area (Å²) in [5.74, 6) is -12.7. The number of ether oxygens (including phenoxy) is 6. The first kappa shape index (κ1) is 64.1. The zero-order chi connectivity index (χ0) is 38.3. The van der Waals surface area contributed by atoms with Gasteiger partial charge in [0.2, 0.25) is 5.91 Å². The summed E-state index contributed by atoms with van der Waals surface area (Å²) in [6.45, 7) is 13.3. The fraction of sp³-hybridized carbons (Fsp3) is 0.946. The molecule has 0 saturated carbocycles. The highest BCUT2D eigenvalue weighted by atomic mass is 19.4. The molecule has 0 rings (SSSR count). The van der Waals surface area contributed by atoms with Crippen molar-refractivity contribution in [1.29, 1.82) is 0 Å². The molecule has 0 saturated heterocycles. The van der Waals surface area contributed by atoms with Gasteiger partial charge in [-0.25, -0.2) is 0 Å². The monoisotopic (exact) mass is 812 g/mol. The summed E-state index contributed by atoms with van der Waals surface area (Å²) in [6.07, 6.45) is -2.00. The van der Waals surface area contributed by atoms with E-state index in [-0.39, 0.29) is 48.2 Å². The predicted octanol–water partition coefficient (Wildman–Crippen LogP) is 8.91. The molecular weight excluding hydrogens is 735 g/mol. The number of halogens is 7. The van der Waals surface area contributed by atoms with Crippen LogP contribution in [0.1, 0.15) is 115 Å². The maximum Gasteiger partial charge on any atom is 0.459 e. The highest BCUT2D eigenvalue weighted by Gasteiger charge is 2.72. The lowest BCUT2D eigenvalue weighted by atomic mass is 10.1. The molecule has 0 heterocycles. The maximum absolute atomic E-state index is 12.8. The Morgan fingerprint density at radius 2 is 0.907 bits per heavy atom. The van der Waals surface area contributed by atoms with E-state index < -0.39 is 42.8 Å². The number of carbonyl (C=O) groups excluding carboxylic acids is 2. The SMILES string of the molecule is C.C.C.C.CCC(C)C(=O)NCCC(F)(F)C(F)(F)C(F)(F)F.CCC(C)C(=O)OCCCOCCCOCCCOCCCOCCCOCCCO. The van der Waals surface area contributed by atoms with Crippen LogP contribution in [0.4, 0.5) is 30.7 Å². The van der Waals surface area contributed by atoms with Crippen LogP contribution in [0.5, 0.6) is 0 Å². The molecule has 10 nitrogen and oxygen atoms in total. The summed E-state index contributed by atoms with van der Waals surface area (Å²) in [5.41, 5.74) is 0.